The molecular formula is C54H104O6. The topological polar surface area (TPSA) is 78.9 Å². The minimum atomic E-state index is -0.761. The third kappa shape index (κ3) is 45.9. The largest absolute Gasteiger partial charge is 0.462 e. The third-order valence-electron chi connectivity index (χ3n) is 12.7. The van der Waals surface area contributed by atoms with Crippen LogP contribution in [0.4, 0.5) is 0 Å². The fourth-order valence-electron chi connectivity index (χ4n) is 8.19. The fourth-order valence-corrected chi connectivity index (χ4v) is 8.19. The van der Waals surface area contributed by atoms with E-state index in [0.717, 1.165) is 63.7 Å². The van der Waals surface area contributed by atoms with Gasteiger partial charge in [-0.05, 0) is 25.2 Å². The maximum Gasteiger partial charge on any atom is 0.306 e. The summed E-state index contributed by atoms with van der Waals surface area (Å²) in [7, 11) is 0. The monoisotopic (exact) mass is 849 g/mol. The van der Waals surface area contributed by atoms with E-state index in [9.17, 15) is 14.4 Å². The van der Waals surface area contributed by atoms with Crippen LogP contribution in [-0.4, -0.2) is 37.2 Å². The summed E-state index contributed by atoms with van der Waals surface area (Å²) in [6, 6.07) is 0. The summed E-state index contributed by atoms with van der Waals surface area (Å²) >= 11 is 0. The van der Waals surface area contributed by atoms with E-state index in [2.05, 4.69) is 27.7 Å². The van der Waals surface area contributed by atoms with Crippen molar-refractivity contribution in [3.05, 3.63) is 0 Å². The number of carbonyl (C=O) groups is 3. The van der Waals surface area contributed by atoms with Crippen LogP contribution < -0.4 is 0 Å². The quantitative estimate of drug-likeness (QED) is 0.0345. The summed E-state index contributed by atoms with van der Waals surface area (Å²) in [5.41, 5.74) is 0. The molecule has 0 bridgehead atoms. The van der Waals surface area contributed by atoms with E-state index >= 15 is 0 Å². The fraction of sp³-hybridized carbons (Fsp3) is 0.944. The molecule has 0 aliphatic heterocycles. The minimum absolute atomic E-state index is 0.0636. The Labute approximate surface area is 374 Å². The highest BCUT2D eigenvalue weighted by Gasteiger charge is 2.19. The number of ether oxygens (including phenoxy) is 3. The van der Waals surface area contributed by atoms with Crippen LogP contribution in [0.2, 0.25) is 0 Å². The second kappa shape index (κ2) is 48.4. The Hall–Kier alpha value is -1.59. The molecule has 2 atom stereocenters. The van der Waals surface area contributed by atoms with Crippen molar-refractivity contribution in [3.63, 3.8) is 0 Å². The molecule has 0 heterocycles. The summed E-state index contributed by atoms with van der Waals surface area (Å²) in [4.78, 5) is 37.9. The predicted molar refractivity (Wildman–Crippen MR) is 257 cm³/mol. The molecule has 0 spiro atoms. The van der Waals surface area contributed by atoms with Crippen molar-refractivity contribution in [1.29, 1.82) is 0 Å². The first-order valence-electron chi connectivity index (χ1n) is 26.9. The molecule has 0 aromatic rings. The first-order valence-corrected chi connectivity index (χ1v) is 26.9. The van der Waals surface area contributed by atoms with Gasteiger partial charge in [0.15, 0.2) is 6.10 Å². The average Bonchev–Trinajstić information content (AvgIpc) is 3.25. The second-order valence-electron chi connectivity index (χ2n) is 18.8. The first-order chi connectivity index (χ1) is 29.4. The summed E-state index contributed by atoms with van der Waals surface area (Å²) in [6.45, 7) is 9.01. The van der Waals surface area contributed by atoms with Gasteiger partial charge >= 0.3 is 17.9 Å². The van der Waals surface area contributed by atoms with Crippen molar-refractivity contribution in [3.8, 4) is 0 Å². The van der Waals surface area contributed by atoms with Gasteiger partial charge < -0.3 is 14.2 Å². The lowest BCUT2D eigenvalue weighted by atomic mass is 10.00. The van der Waals surface area contributed by atoms with Gasteiger partial charge in [0.25, 0.3) is 0 Å². The summed E-state index contributed by atoms with van der Waals surface area (Å²) in [5, 5.41) is 0. The van der Waals surface area contributed by atoms with Gasteiger partial charge in [0, 0.05) is 19.3 Å². The number of rotatable bonds is 49. The van der Waals surface area contributed by atoms with Crippen molar-refractivity contribution in [2.45, 2.75) is 310 Å². The van der Waals surface area contributed by atoms with E-state index < -0.39 is 6.10 Å². The van der Waals surface area contributed by atoms with Crippen LogP contribution in [0.1, 0.15) is 304 Å². The van der Waals surface area contributed by atoms with Gasteiger partial charge in [-0.2, -0.15) is 0 Å². The van der Waals surface area contributed by atoms with Gasteiger partial charge in [-0.3, -0.25) is 14.4 Å². The van der Waals surface area contributed by atoms with E-state index in [4.69, 9.17) is 14.2 Å². The van der Waals surface area contributed by atoms with Gasteiger partial charge in [-0.1, -0.05) is 265 Å². The number of hydrogen-bond donors (Lipinski definition) is 0. The Bertz CT molecular complexity index is 905. The van der Waals surface area contributed by atoms with Crippen LogP contribution in [0.5, 0.6) is 0 Å². The molecule has 356 valence electrons. The molecule has 0 saturated carbocycles. The summed E-state index contributed by atoms with van der Waals surface area (Å²) < 4.78 is 16.8. The van der Waals surface area contributed by atoms with Crippen LogP contribution in [0, 0.1) is 5.92 Å². The number of esters is 3. The lowest BCUT2D eigenvalue weighted by Crippen LogP contribution is -2.30. The van der Waals surface area contributed by atoms with E-state index in [-0.39, 0.29) is 31.1 Å². The lowest BCUT2D eigenvalue weighted by molar-refractivity contribution is -0.167. The lowest BCUT2D eigenvalue weighted by Gasteiger charge is -2.18. The molecule has 1 unspecified atom stereocenters. The standard InChI is InChI=1S/C54H104O6/c1-5-8-10-12-14-16-18-20-22-23-24-25-27-29-31-33-38-42-46-53(56)59-49-51(60-54(57)47-43-39-35-34-36-40-44-50(4)7-3)48-58-52(55)45-41-37-32-30-28-26-21-19-17-15-13-11-9-6-2/h50-51H,5-49H2,1-4H3/t50?,51-/m0/s1. The molecule has 0 amide bonds. The van der Waals surface area contributed by atoms with E-state index in [1.165, 1.54) is 199 Å². The zero-order chi connectivity index (χ0) is 43.8. The molecule has 0 aromatic heterocycles. The molecule has 0 aliphatic rings. The van der Waals surface area contributed by atoms with E-state index in [1.54, 1.807) is 0 Å². The maximum atomic E-state index is 12.8. The maximum absolute atomic E-state index is 12.8. The zero-order valence-electron chi connectivity index (χ0n) is 40.9. The third-order valence-corrected chi connectivity index (χ3v) is 12.7. The van der Waals surface area contributed by atoms with Crippen LogP contribution in [0.15, 0.2) is 0 Å². The molecule has 0 radical (unpaired) electrons. The Morgan fingerprint density at radius 3 is 0.867 bits per heavy atom. The van der Waals surface area contributed by atoms with Crippen LogP contribution in [0.3, 0.4) is 0 Å². The SMILES string of the molecule is CCCCCCCCCCCCCCCCCCCCC(=O)OC[C@H](COC(=O)CCCCCCCCCCCCCCCC)OC(=O)CCCCCCCCC(C)CC. The van der Waals surface area contributed by atoms with Gasteiger partial charge in [-0.15, -0.1) is 0 Å². The van der Waals surface area contributed by atoms with Gasteiger partial charge in [-0.25, -0.2) is 0 Å². The zero-order valence-corrected chi connectivity index (χ0v) is 40.9. The Morgan fingerprint density at radius 2 is 0.583 bits per heavy atom. The van der Waals surface area contributed by atoms with Crippen LogP contribution >= 0.6 is 0 Å². The number of carbonyl (C=O) groups excluding carboxylic acids is 3. The van der Waals surface area contributed by atoms with E-state index in [0.29, 0.717) is 19.3 Å². The average molecular weight is 849 g/mol. The molecule has 0 N–H and O–H groups in total. The highest BCUT2D eigenvalue weighted by Crippen LogP contribution is 2.18. The molecule has 0 rings (SSSR count). The van der Waals surface area contributed by atoms with E-state index in [1.807, 2.05) is 0 Å². The van der Waals surface area contributed by atoms with Crippen molar-refractivity contribution in [2.24, 2.45) is 5.92 Å². The second-order valence-corrected chi connectivity index (χ2v) is 18.8. The minimum Gasteiger partial charge on any atom is -0.462 e. The molecule has 60 heavy (non-hydrogen) atoms. The summed E-state index contributed by atoms with van der Waals surface area (Å²) in [6.07, 6.45) is 50.9. The highest BCUT2D eigenvalue weighted by molar-refractivity contribution is 5.71. The molecule has 0 aliphatic carbocycles. The number of unbranched alkanes of at least 4 members (excludes halogenated alkanes) is 35. The molecule has 0 fully saturated rings. The predicted octanol–water partition coefficient (Wildman–Crippen LogP) is 17.5. The normalized spacial score (nSPS) is 12.4. The molecule has 6 nitrogen and oxygen atoms in total. The Morgan fingerprint density at radius 1 is 0.333 bits per heavy atom. The van der Waals surface area contributed by atoms with Crippen molar-refractivity contribution in [1.82, 2.24) is 0 Å². The Balaban J connectivity index is 4.24. The van der Waals surface area contributed by atoms with Gasteiger partial charge in [0.1, 0.15) is 13.2 Å². The van der Waals surface area contributed by atoms with Crippen LogP contribution in [0.25, 0.3) is 0 Å². The van der Waals surface area contributed by atoms with Gasteiger partial charge in [0.05, 0.1) is 0 Å². The molecule has 0 aromatic carbocycles. The first kappa shape index (κ1) is 58.4. The van der Waals surface area contributed by atoms with Gasteiger partial charge in [0.2, 0.25) is 0 Å². The smallest absolute Gasteiger partial charge is 0.306 e. The highest BCUT2D eigenvalue weighted by atomic mass is 16.6. The summed E-state index contributed by atoms with van der Waals surface area (Å²) in [5.74, 6) is -0.0359. The Kier molecular flexibility index (Phi) is 47.2. The molecular weight excluding hydrogens is 745 g/mol. The number of hydrogen-bond acceptors (Lipinski definition) is 6. The molecule has 0 saturated heterocycles. The van der Waals surface area contributed by atoms with Crippen LogP contribution in [-0.2, 0) is 28.6 Å². The molecule has 6 heteroatoms. The van der Waals surface area contributed by atoms with Crippen molar-refractivity contribution in [2.75, 3.05) is 13.2 Å². The van der Waals surface area contributed by atoms with Crippen molar-refractivity contribution >= 4 is 17.9 Å². The van der Waals surface area contributed by atoms with Crippen molar-refractivity contribution < 1.29 is 28.6 Å².